The number of hydrogen-bond acceptors (Lipinski definition) is 4. The Balaban J connectivity index is 1.24. The normalized spacial score (nSPS) is 13.9. The van der Waals surface area contributed by atoms with Crippen molar-refractivity contribution in [2.45, 2.75) is 6.54 Å². The molecule has 2 amide bonds. The molecule has 0 bridgehead atoms. The van der Waals surface area contributed by atoms with Crippen LogP contribution in [0.15, 0.2) is 91.1 Å². The fraction of sp³-hybridized carbons (Fsp3) is 0.188. The summed E-state index contributed by atoms with van der Waals surface area (Å²) < 4.78 is 34.8. The Labute approximate surface area is 236 Å². The van der Waals surface area contributed by atoms with Gasteiger partial charge in [0.05, 0.1) is 24.2 Å². The van der Waals surface area contributed by atoms with Gasteiger partial charge in [-0.25, -0.2) is 18.6 Å². The summed E-state index contributed by atoms with van der Waals surface area (Å²) in [7, 11) is 1.65. The van der Waals surface area contributed by atoms with Gasteiger partial charge < -0.3 is 19.4 Å². The van der Waals surface area contributed by atoms with E-state index in [1.165, 1.54) is 6.07 Å². The molecule has 1 aliphatic heterocycles. The van der Waals surface area contributed by atoms with Gasteiger partial charge in [-0.1, -0.05) is 30.3 Å². The Hall–Kier alpha value is -4.76. The average molecular weight is 554 g/mol. The fourth-order valence-corrected chi connectivity index (χ4v) is 5.13. The highest BCUT2D eigenvalue weighted by Crippen LogP contribution is 2.30. The Kier molecular flexibility index (Phi) is 7.35. The fourth-order valence-electron chi connectivity index (χ4n) is 5.13. The summed E-state index contributed by atoms with van der Waals surface area (Å²) in [6.45, 7) is 2.83. The molecular formula is C32H29F2N5O2. The molecule has 3 aromatic carbocycles. The van der Waals surface area contributed by atoms with E-state index in [-0.39, 0.29) is 5.69 Å². The second-order valence-electron chi connectivity index (χ2n) is 9.97. The molecule has 1 fully saturated rings. The standard InChI is InChI=1S/C32H29F2N5O2/c1-41-26-11-7-23(8-12-26)31-29(39-20-24(9-14-30(39)36-31)22-5-3-2-4-6-22)21-37-15-17-38(18-16-37)32(40)35-28-13-10-25(33)19-27(28)34/h2-14,19-20H,15-18,21H2,1H3,(H,35,40). The van der Waals surface area contributed by atoms with Gasteiger partial charge in [0.15, 0.2) is 0 Å². The molecule has 7 nitrogen and oxygen atoms in total. The minimum absolute atomic E-state index is 0.0390. The molecule has 0 saturated carbocycles. The van der Waals surface area contributed by atoms with Crippen molar-refractivity contribution in [3.63, 3.8) is 0 Å². The van der Waals surface area contributed by atoms with Crippen LogP contribution in [0.2, 0.25) is 0 Å². The maximum absolute atomic E-state index is 14.0. The molecule has 1 saturated heterocycles. The van der Waals surface area contributed by atoms with Gasteiger partial charge in [-0.3, -0.25) is 4.90 Å². The number of piperazine rings is 1. The summed E-state index contributed by atoms with van der Waals surface area (Å²) in [6, 6.07) is 24.9. The van der Waals surface area contributed by atoms with Gasteiger partial charge in [0.2, 0.25) is 0 Å². The summed E-state index contributed by atoms with van der Waals surface area (Å²) in [5.74, 6) is -0.711. The van der Waals surface area contributed by atoms with Gasteiger partial charge in [0.1, 0.15) is 23.0 Å². The van der Waals surface area contributed by atoms with E-state index in [2.05, 4.69) is 39.0 Å². The lowest BCUT2D eigenvalue weighted by Crippen LogP contribution is -2.49. The Morgan fingerprint density at radius 3 is 2.32 bits per heavy atom. The van der Waals surface area contributed by atoms with E-state index in [4.69, 9.17) is 9.72 Å². The van der Waals surface area contributed by atoms with Crippen LogP contribution >= 0.6 is 0 Å². The monoisotopic (exact) mass is 553 g/mol. The van der Waals surface area contributed by atoms with E-state index in [9.17, 15) is 13.6 Å². The van der Waals surface area contributed by atoms with Crippen molar-refractivity contribution in [3.05, 3.63) is 108 Å². The molecule has 1 aliphatic rings. The number of imidazole rings is 1. The van der Waals surface area contributed by atoms with Crippen LogP contribution < -0.4 is 10.1 Å². The van der Waals surface area contributed by atoms with Crippen LogP contribution in [0.4, 0.5) is 19.3 Å². The Bertz CT molecular complexity index is 1680. The largest absolute Gasteiger partial charge is 0.497 e. The van der Waals surface area contributed by atoms with Gasteiger partial charge in [-0.15, -0.1) is 0 Å². The number of carbonyl (C=O) groups is 1. The minimum atomic E-state index is -0.800. The first-order valence-electron chi connectivity index (χ1n) is 13.4. The highest BCUT2D eigenvalue weighted by molar-refractivity contribution is 5.89. The van der Waals surface area contributed by atoms with Crippen LogP contribution in [0, 0.1) is 11.6 Å². The molecule has 6 rings (SSSR count). The number of halogens is 2. The zero-order chi connectivity index (χ0) is 28.3. The lowest BCUT2D eigenvalue weighted by molar-refractivity contribution is 0.142. The van der Waals surface area contributed by atoms with Crippen LogP contribution in [0.3, 0.4) is 0 Å². The van der Waals surface area contributed by atoms with Crippen molar-refractivity contribution in [3.8, 4) is 28.1 Å². The topological polar surface area (TPSA) is 62.1 Å². The van der Waals surface area contributed by atoms with E-state index in [1.54, 1.807) is 12.0 Å². The number of urea groups is 1. The Morgan fingerprint density at radius 2 is 1.61 bits per heavy atom. The number of hydrogen-bond donors (Lipinski definition) is 1. The number of anilines is 1. The maximum atomic E-state index is 14.0. The number of pyridine rings is 1. The van der Waals surface area contributed by atoms with Crippen LogP contribution in [-0.4, -0.2) is 58.5 Å². The predicted molar refractivity (Wildman–Crippen MR) is 155 cm³/mol. The third-order valence-corrected chi connectivity index (χ3v) is 7.39. The number of nitrogens with one attached hydrogen (secondary N) is 1. The molecule has 9 heteroatoms. The van der Waals surface area contributed by atoms with Crippen LogP contribution in [-0.2, 0) is 6.54 Å². The third kappa shape index (κ3) is 5.62. The smallest absolute Gasteiger partial charge is 0.322 e. The number of methoxy groups -OCH3 is 1. The zero-order valence-corrected chi connectivity index (χ0v) is 22.6. The summed E-state index contributed by atoms with van der Waals surface area (Å²) >= 11 is 0. The van der Waals surface area contributed by atoms with Gasteiger partial charge in [0, 0.05) is 50.6 Å². The van der Waals surface area contributed by atoms with E-state index in [1.807, 2.05) is 48.5 Å². The van der Waals surface area contributed by atoms with Crippen molar-refractivity contribution in [2.75, 3.05) is 38.6 Å². The number of carbonyl (C=O) groups excluding carboxylic acids is 1. The molecule has 208 valence electrons. The maximum Gasteiger partial charge on any atom is 0.322 e. The molecular weight excluding hydrogens is 524 g/mol. The van der Waals surface area contributed by atoms with Crippen LogP contribution in [0.25, 0.3) is 28.0 Å². The minimum Gasteiger partial charge on any atom is -0.497 e. The number of amides is 2. The number of ether oxygens (including phenoxy) is 1. The van der Waals surface area contributed by atoms with E-state index < -0.39 is 17.7 Å². The van der Waals surface area contributed by atoms with E-state index >= 15 is 0 Å². The molecule has 0 radical (unpaired) electrons. The molecule has 41 heavy (non-hydrogen) atoms. The zero-order valence-electron chi connectivity index (χ0n) is 22.6. The first kappa shape index (κ1) is 26.5. The molecule has 2 aromatic heterocycles. The lowest BCUT2D eigenvalue weighted by atomic mass is 10.1. The first-order valence-corrected chi connectivity index (χ1v) is 13.4. The molecule has 0 atom stereocenters. The number of rotatable bonds is 6. The second kappa shape index (κ2) is 11.4. The van der Waals surface area contributed by atoms with Crippen molar-refractivity contribution in [2.24, 2.45) is 0 Å². The molecule has 0 spiro atoms. The summed E-state index contributed by atoms with van der Waals surface area (Å²) in [4.78, 5) is 21.7. The van der Waals surface area contributed by atoms with Gasteiger partial charge in [-0.05, 0) is 59.7 Å². The second-order valence-corrected chi connectivity index (χ2v) is 9.97. The number of fused-ring (bicyclic) bond motifs is 1. The molecule has 1 N–H and O–H groups in total. The van der Waals surface area contributed by atoms with E-state index in [0.717, 1.165) is 51.6 Å². The van der Waals surface area contributed by atoms with Gasteiger partial charge in [0.25, 0.3) is 0 Å². The van der Waals surface area contributed by atoms with E-state index in [0.29, 0.717) is 32.7 Å². The molecule has 0 aliphatic carbocycles. The van der Waals surface area contributed by atoms with Gasteiger partial charge in [-0.2, -0.15) is 0 Å². The number of nitrogens with zero attached hydrogens (tertiary/aromatic N) is 4. The van der Waals surface area contributed by atoms with Crippen LogP contribution in [0.1, 0.15) is 5.69 Å². The summed E-state index contributed by atoms with van der Waals surface area (Å²) in [5, 5.41) is 2.56. The Morgan fingerprint density at radius 1 is 0.878 bits per heavy atom. The average Bonchev–Trinajstić information content (AvgIpc) is 3.36. The number of aromatic nitrogens is 2. The van der Waals surface area contributed by atoms with Crippen molar-refractivity contribution in [1.82, 2.24) is 19.2 Å². The summed E-state index contributed by atoms with van der Waals surface area (Å²) in [6.07, 6.45) is 2.13. The number of benzene rings is 3. The predicted octanol–water partition coefficient (Wildman–Crippen LogP) is 6.30. The van der Waals surface area contributed by atoms with Crippen molar-refractivity contribution < 1.29 is 18.3 Å². The molecule has 0 unspecified atom stereocenters. The van der Waals surface area contributed by atoms with Crippen molar-refractivity contribution in [1.29, 1.82) is 0 Å². The third-order valence-electron chi connectivity index (χ3n) is 7.39. The van der Waals surface area contributed by atoms with Crippen molar-refractivity contribution >= 4 is 17.4 Å². The SMILES string of the molecule is COc1ccc(-c2nc3ccc(-c4ccccc4)cn3c2CN2CCN(C(=O)Nc3ccc(F)cc3F)CC2)cc1. The van der Waals surface area contributed by atoms with Gasteiger partial charge >= 0.3 is 6.03 Å². The highest BCUT2D eigenvalue weighted by atomic mass is 19.1. The summed E-state index contributed by atoms with van der Waals surface area (Å²) in [5.41, 5.74) is 5.96. The lowest BCUT2D eigenvalue weighted by Gasteiger charge is -2.34. The molecule has 5 aromatic rings. The first-order chi connectivity index (χ1) is 20.0. The van der Waals surface area contributed by atoms with Crippen LogP contribution in [0.5, 0.6) is 5.75 Å². The molecule has 3 heterocycles. The highest BCUT2D eigenvalue weighted by Gasteiger charge is 2.24. The quantitative estimate of drug-likeness (QED) is 0.268.